The SMILES string of the molecule is COC(=O)NC(C(=O)Nc1ccccc1CC[C@@H]1CNC[C@@H](CS(=O)(=O)c2ccc(Cl)cc2)O1)C(c1ccccc1)c1ccccc1. The Morgan fingerprint density at radius 3 is 2.11 bits per heavy atom. The van der Waals surface area contributed by atoms with Gasteiger partial charge in [-0.1, -0.05) is 90.5 Å². The van der Waals surface area contributed by atoms with Gasteiger partial charge in [0, 0.05) is 29.7 Å². The van der Waals surface area contributed by atoms with E-state index in [4.69, 9.17) is 21.1 Å². The maximum absolute atomic E-state index is 14.0. The molecular weight excluding hydrogens is 638 g/mol. The van der Waals surface area contributed by atoms with Crippen molar-refractivity contribution >= 4 is 39.1 Å². The van der Waals surface area contributed by atoms with E-state index in [1.807, 2.05) is 84.9 Å². The van der Waals surface area contributed by atoms with E-state index in [0.717, 1.165) is 16.7 Å². The standard InChI is InChI=1S/C36H38ClN3O6S/c1-45-36(42)40-34(33(26-11-4-2-5-12-26)27-13-6-3-7-14-27)35(41)39-32-15-9-8-10-25(32)16-19-29-22-38-23-30(46-29)24-47(43,44)31-20-17-28(37)18-21-31/h2-15,17-18,20-21,29-30,33-34,38H,16,19,22-24H2,1H3,(H,39,41)(H,40,42)/t29-,30+,34?/m1/s1. The minimum Gasteiger partial charge on any atom is -0.453 e. The van der Waals surface area contributed by atoms with Crippen molar-refractivity contribution in [1.29, 1.82) is 0 Å². The molecule has 0 bridgehead atoms. The molecule has 0 spiro atoms. The molecule has 1 aliphatic rings. The predicted molar refractivity (Wildman–Crippen MR) is 182 cm³/mol. The third-order valence-corrected chi connectivity index (χ3v) is 10.2. The number of alkyl carbamates (subject to hydrolysis) is 1. The molecule has 0 aliphatic carbocycles. The third kappa shape index (κ3) is 9.20. The van der Waals surface area contributed by atoms with Gasteiger partial charge in [0.2, 0.25) is 5.91 Å². The van der Waals surface area contributed by atoms with E-state index in [1.54, 1.807) is 12.1 Å². The quantitative estimate of drug-likeness (QED) is 0.179. The summed E-state index contributed by atoms with van der Waals surface area (Å²) in [7, 11) is -2.30. The number of hydrogen-bond acceptors (Lipinski definition) is 7. The van der Waals surface area contributed by atoms with E-state index in [9.17, 15) is 18.0 Å². The maximum atomic E-state index is 14.0. The van der Waals surface area contributed by atoms with Crippen LogP contribution in [0.1, 0.15) is 29.0 Å². The Morgan fingerprint density at radius 1 is 0.872 bits per heavy atom. The summed E-state index contributed by atoms with van der Waals surface area (Å²) in [5.74, 6) is -1.04. The smallest absolute Gasteiger partial charge is 0.407 e. The number of hydrogen-bond donors (Lipinski definition) is 3. The number of carbonyl (C=O) groups excluding carboxylic acids is 2. The number of sulfone groups is 1. The first-order chi connectivity index (χ1) is 22.7. The Kier molecular flexibility index (Phi) is 11.7. The number of methoxy groups -OCH3 is 1. The van der Waals surface area contributed by atoms with Crippen LogP contribution in [0.15, 0.2) is 114 Å². The molecule has 0 radical (unpaired) electrons. The van der Waals surface area contributed by atoms with Crippen LogP contribution in [0.5, 0.6) is 0 Å². The topological polar surface area (TPSA) is 123 Å². The van der Waals surface area contributed by atoms with Crippen LogP contribution in [0.25, 0.3) is 0 Å². The van der Waals surface area contributed by atoms with Crippen molar-refractivity contribution in [2.45, 2.75) is 41.9 Å². The van der Waals surface area contributed by atoms with Crippen molar-refractivity contribution in [3.63, 3.8) is 0 Å². The molecule has 4 aromatic rings. The Hall–Kier alpha value is -4.22. The van der Waals surface area contributed by atoms with E-state index in [1.165, 1.54) is 19.2 Å². The number of anilines is 1. The first-order valence-corrected chi connectivity index (χ1v) is 17.4. The van der Waals surface area contributed by atoms with Gasteiger partial charge in [-0.05, 0) is 59.9 Å². The Balaban J connectivity index is 1.29. The summed E-state index contributed by atoms with van der Waals surface area (Å²) in [4.78, 5) is 26.8. The number of carbonyl (C=O) groups is 2. The summed E-state index contributed by atoms with van der Waals surface area (Å²) in [6.45, 7) is 1.00. The van der Waals surface area contributed by atoms with Gasteiger partial charge in [0.1, 0.15) is 6.04 Å². The van der Waals surface area contributed by atoms with Crippen LogP contribution in [-0.4, -0.2) is 64.6 Å². The number of halogens is 1. The van der Waals surface area contributed by atoms with Crippen LogP contribution < -0.4 is 16.0 Å². The first kappa shape index (κ1) is 34.1. The van der Waals surface area contributed by atoms with Gasteiger partial charge >= 0.3 is 6.09 Å². The normalized spacial score (nSPS) is 17.1. The minimum atomic E-state index is -3.56. The van der Waals surface area contributed by atoms with Gasteiger partial charge in [0.05, 0.1) is 30.0 Å². The van der Waals surface area contributed by atoms with Gasteiger partial charge in [-0.25, -0.2) is 13.2 Å². The third-order valence-electron chi connectivity index (χ3n) is 8.11. The molecule has 1 saturated heterocycles. The van der Waals surface area contributed by atoms with Gasteiger partial charge in [0.25, 0.3) is 0 Å². The monoisotopic (exact) mass is 675 g/mol. The summed E-state index contributed by atoms with van der Waals surface area (Å²) >= 11 is 5.93. The minimum absolute atomic E-state index is 0.149. The molecule has 2 amide bonds. The Labute approximate surface area is 280 Å². The van der Waals surface area contributed by atoms with Gasteiger partial charge in [-0.2, -0.15) is 0 Å². The molecule has 1 unspecified atom stereocenters. The highest BCUT2D eigenvalue weighted by molar-refractivity contribution is 7.91. The summed E-state index contributed by atoms with van der Waals surface area (Å²) in [5.41, 5.74) is 3.21. The van der Waals surface area contributed by atoms with Gasteiger partial charge in [0.15, 0.2) is 9.84 Å². The van der Waals surface area contributed by atoms with Crippen LogP contribution >= 0.6 is 11.6 Å². The lowest BCUT2D eigenvalue weighted by Gasteiger charge is -2.31. The van der Waals surface area contributed by atoms with E-state index >= 15 is 0 Å². The molecule has 3 N–H and O–H groups in total. The Bertz CT molecular complexity index is 1700. The summed E-state index contributed by atoms with van der Waals surface area (Å²) in [6.07, 6.45) is -0.299. The van der Waals surface area contributed by atoms with Crippen LogP contribution in [-0.2, 0) is 30.5 Å². The number of morpholine rings is 1. The highest BCUT2D eigenvalue weighted by Crippen LogP contribution is 2.30. The molecule has 3 atom stereocenters. The van der Waals surface area contributed by atoms with Crippen molar-refractivity contribution in [1.82, 2.24) is 10.6 Å². The number of ether oxygens (including phenoxy) is 2. The highest BCUT2D eigenvalue weighted by Gasteiger charge is 2.33. The fourth-order valence-electron chi connectivity index (χ4n) is 5.80. The molecule has 0 saturated carbocycles. The fraction of sp³-hybridized carbons (Fsp3) is 0.278. The molecule has 9 nitrogen and oxygen atoms in total. The number of para-hydroxylation sites is 1. The molecule has 1 aliphatic heterocycles. The molecule has 1 heterocycles. The predicted octanol–water partition coefficient (Wildman–Crippen LogP) is 5.60. The van der Waals surface area contributed by atoms with Crippen molar-refractivity contribution in [2.24, 2.45) is 0 Å². The molecule has 0 aromatic heterocycles. The lowest BCUT2D eigenvalue weighted by Crippen LogP contribution is -2.48. The van der Waals surface area contributed by atoms with Crippen LogP contribution in [0, 0.1) is 0 Å². The second kappa shape index (κ2) is 16.1. The van der Waals surface area contributed by atoms with Gasteiger partial charge in [-0.15, -0.1) is 0 Å². The molecule has 246 valence electrons. The summed E-state index contributed by atoms with van der Waals surface area (Å²) < 4.78 is 37.1. The molecule has 11 heteroatoms. The largest absolute Gasteiger partial charge is 0.453 e. The second-order valence-corrected chi connectivity index (χ2v) is 13.8. The molecular formula is C36H38ClN3O6S. The zero-order valence-corrected chi connectivity index (χ0v) is 27.5. The van der Waals surface area contributed by atoms with Crippen molar-refractivity contribution in [3.8, 4) is 0 Å². The maximum Gasteiger partial charge on any atom is 0.407 e. The van der Waals surface area contributed by atoms with Gasteiger partial charge in [-0.3, -0.25) is 4.79 Å². The summed E-state index contributed by atoms with van der Waals surface area (Å²) in [6, 6.07) is 31.7. The van der Waals surface area contributed by atoms with Crippen molar-refractivity contribution in [3.05, 3.63) is 131 Å². The average Bonchev–Trinajstić information content (AvgIpc) is 3.08. The number of aryl methyl sites for hydroxylation is 1. The van der Waals surface area contributed by atoms with E-state index in [-0.39, 0.29) is 16.8 Å². The highest BCUT2D eigenvalue weighted by atomic mass is 35.5. The zero-order valence-electron chi connectivity index (χ0n) is 26.0. The van der Waals surface area contributed by atoms with E-state index < -0.39 is 39.9 Å². The van der Waals surface area contributed by atoms with Crippen molar-refractivity contribution in [2.75, 3.05) is 31.3 Å². The average molecular weight is 676 g/mol. The van der Waals surface area contributed by atoms with Crippen LogP contribution in [0.3, 0.4) is 0 Å². The Morgan fingerprint density at radius 2 is 1.47 bits per heavy atom. The van der Waals surface area contributed by atoms with Crippen LogP contribution in [0.4, 0.5) is 10.5 Å². The number of nitrogens with one attached hydrogen (secondary N) is 3. The number of benzene rings is 4. The van der Waals surface area contributed by atoms with Crippen LogP contribution in [0.2, 0.25) is 5.02 Å². The van der Waals surface area contributed by atoms with Gasteiger partial charge < -0.3 is 25.4 Å². The fourth-order valence-corrected chi connectivity index (χ4v) is 7.35. The first-order valence-electron chi connectivity index (χ1n) is 15.4. The van der Waals surface area contributed by atoms with E-state index in [0.29, 0.717) is 36.6 Å². The number of amides is 2. The zero-order chi connectivity index (χ0) is 33.2. The molecule has 1 fully saturated rings. The van der Waals surface area contributed by atoms with Crippen molar-refractivity contribution < 1.29 is 27.5 Å². The molecule has 4 aromatic carbocycles. The lowest BCUT2D eigenvalue weighted by molar-refractivity contribution is -0.118. The molecule has 47 heavy (non-hydrogen) atoms. The second-order valence-electron chi connectivity index (χ2n) is 11.4. The molecule has 5 rings (SSSR count). The number of rotatable bonds is 12. The summed E-state index contributed by atoms with van der Waals surface area (Å²) in [5, 5.41) is 9.60. The lowest BCUT2D eigenvalue weighted by atomic mass is 9.84. The van der Waals surface area contributed by atoms with E-state index in [2.05, 4.69) is 16.0 Å².